The van der Waals surface area contributed by atoms with Gasteiger partial charge >= 0.3 is 5.97 Å². The Kier molecular flexibility index (Phi) is 16.9. The topological polar surface area (TPSA) is 178 Å². The van der Waals surface area contributed by atoms with Gasteiger partial charge in [0.1, 0.15) is 24.0 Å². The van der Waals surface area contributed by atoms with Crippen LogP contribution in [0.3, 0.4) is 0 Å². The normalized spacial score (nSPS) is 39.6. The number of aliphatic hydroxyl groups excluding tert-OH is 2. The van der Waals surface area contributed by atoms with Crippen molar-refractivity contribution in [2.45, 2.75) is 167 Å². The number of allylic oxidation sites excluding steroid dienone is 3. The molecular weight excluding hydrogens is 722 g/mol. The molecule has 0 radical (unpaired) electrons. The number of hydrogen-bond donors (Lipinski definition) is 3. The molecule has 1 amide bonds. The van der Waals surface area contributed by atoms with Crippen molar-refractivity contribution in [1.29, 1.82) is 0 Å². The Hall–Kier alpha value is -2.52. The van der Waals surface area contributed by atoms with Crippen molar-refractivity contribution in [3.8, 4) is 0 Å². The Morgan fingerprint density at radius 3 is 2.29 bits per heavy atom. The molecule has 13 heteroatoms. The van der Waals surface area contributed by atoms with E-state index in [1.807, 2.05) is 32.9 Å². The number of cyclic esters (lactones) is 1. The predicted octanol–water partition coefficient (Wildman–Crippen LogP) is 4.47. The Morgan fingerprint density at radius 1 is 0.982 bits per heavy atom. The van der Waals surface area contributed by atoms with E-state index in [9.17, 15) is 34.5 Å². The monoisotopic (exact) mass is 791 g/mol. The molecule has 3 aliphatic heterocycles. The van der Waals surface area contributed by atoms with Crippen molar-refractivity contribution in [1.82, 2.24) is 4.90 Å². The molecule has 13 nitrogen and oxygen atoms in total. The summed E-state index contributed by atoms with van der Waals surface area (Å²) >= 11 is 0. The van der Waals surface area contributed by atoms with Crippen LogP contribution in [0, 0.1) is 29.6 Å². The quantitative estimate of drug-likeness (QED) is 0.179. The van der Waals surface area contributed by atoms with E-state index < -0.39 is 83.9 Å². The Bertz CT molecular complexity index is 1430. The van der Waals surface area contributed by atoms with Crippen molar-refractivity contribution in [3.63, 3.8) is 0 Å². The van der Waals surface area contributed by atoms with Gasteiger partial charge in [0.05, 0.1) is 30.5 Å². The Labute approximate surface area is 333 Å². The van der Waals surface area contributed by atoms with Crippen LogP contribution in [0.1, 0.15) is 112 Å². The summed E-state index contributed by atoms with van der Waals surface area (Å²) in [6, 6.07) is -1.15. The van der Waals surface area contributed by atoms with Crippen LogP contribution >= 0.6 is 0 Å². The maximum Gasteiger partial charge on any atom is 0.329 e. The third kappa shape index (κ3) is 10.7. The van der Waals surface area contributed by atoms with Crippen molar-refractivity contribution in [2.75, 3.05) is 27.9 Å². The van der Waals surface area contributed by atoms with E-state index >= 15 is 0 Å². The van der Waals surface area contributed by atoms with Crippen LogP contribution in [0.15, 0.2) is 23.3 Å². The van der Waals surface area contributed by atoms with Gasteiger partial charge in [-0.1, -0.05) is 45.4 Å². The number of aliphatic hydroxyl groups is 3. The van der Waals surface area contributed by atoms with Gasteiger partial charge in [0.15, 0.2) is 0 Å². The lowest BCUT2D eigenvalue weighted by molar-refractivity contribution is -0.302. The molecule has 3 fully saturated rings. The highest BCUT2D eigenvalue weighted by atomic mass is 16.7. The van der Waals surface area contributed by atoms with E-state index in [-0.39, 0.29) is 49.5 Å². The third-order valence-corrected chi connectivity index (χ3v) is 12.9. The molecule has 0 spiro atoms. The summed E-state index contributed by atoms with van der Waals surface area (Å²) in [6.07, 6.45) is 3.90. The molecule has 0 aromatic heterocycles. The van der Waals surface area contributed by atoms with Crippen LogP contribution in [0.2, 0.25) is 0 Å². The molecule has 1 unspecified atom stereocenters. The highest BCUT2D eigenvalue weighted by Gasteiger charge is 2.56. The Morgan fingerprint density at radius 2 is 1.64 bits per heavy atom. The zero-order valence-corrected chi connectivity index (χ0v) is 35.1. The lowest BCUT2D eigenvalue weighted by atomic mass is 9.81. The van der Waals surface area contributed by atoms with Crippen LogP contribution < -0.4 is 0 Å². The number of rotatable bonds is 8. The number of piperidine rings is 1. The highest BCUT2D eigenvalue weighted by Crippen LogP contribution is 2.39. The summed E-state index contributed by atoms with van der Waals surface area (Å²) < 4.78 is 29.6. The molecule has 318 valence electrons. The van der Waals surface area contributed by atoms with Crippen molar-refractivity contribution in [2.24, 2.45) is 29.6 Å². The van der Waals surface area contributed by atoms with E-state index in [2.05, 4.69) is 6.92 Å². The van der Waals surface area contributed by atoms with E-state index in [0.29, 0.717) is 50.5 Å². The average molecular weight is 792 g/mol. The van der Waals surface area contributed by atoms with Gasteiger partial charge in [0.25, 0.3) is 11.7 Å². The van der Waals surface area contributed by atoms with Crippen LogP contribution in [0.4, 0.5) is 0 Å². The maximum absolute atomic E-state index is 14.2. The zero-order chi connectivity index (χ0) is 41.5. The number of ketones is 2. The minimum atomic E-state index is -2.49. The van der Waals surface area contributed by atoms with Crippen LogP contribution in [0.25, 0.3) is 0 Å². The number of ether oxygens (including phenoxy) is 5. The van der Waals surface area contributed by atoms with E-state index in [1.54, 1.807) is 21.0 Å². The standard InChI is InChI=1S/C43H69NO12/c1-10-30-18-24(2)17-25(3)19-36(53-8)39-37(54-9)21-27(5)43(51,56-39)40(48)41(49)44-16-12-11-13-31(44)42(50)55-34(23-33(30)46)28(6)38(47)26(4)20-29-14-15-32(45)35(22-29)52-7/h18,20,25,27-32,34-39,45,47,51H,10-17,19,21-23H2,1-9H3/b24-18+,26-20+/t25-,27+,28+,29-,30+,31-,32+,34-,35+,36?,37-,38+,39+,43+/m0/s1. The molecule has 1 saturated carbocycles. The number of carbonyl (C=O) groups is 4. The molecule has 2 bridgehead atoms. The van der Waals surface area contributed by atoms with Crippen molar-refractivity contribution >= 4 is 23.4 Å². The minimum Gasteiger partial charge on any atom is -0.460 e. The van der Waals surface area contributed by atoms with Gasteiger partial charge in [-0.2, -0.15) is 0 Å². The number of nitrogens with zero attached hydrogens (tertiary/aromatic N) is 1. The van der Waals surface area contributed by atoms with Gasteiger partial charge in [-0.15, -0.1) is 0 Å². The second-order valence-corrected chi connectivity index (χ2v) is 17.2. The SMILES string of the molecule is CC[C@@H]1/C=C(\C)C[C@H](C)CC(OC)[C@H]2O[C@@](O)(C(=O)C(=O)N3CCCC[C@H]3C(=O)O[C@H]([C@@H](C)[C@H](O)/C(C)=C/[C@@H]3CC[C@@H](O)[C@H](OC)C3)CC1=O)[C@H](C)C[C@@H]2OC. The molecule has 3 N–H and O–H groups in total. The van der Waals surface area contributed by atoms with Gasteiger partial charge in [-0.05, 0) is 95.5 Å². The molecule has 0 aromatic carbocycles. The molecule has 4 rings (SSSR count). The summed E-state index contributed by atoms with van der Waals surface area (Å²) in [7, 11) is 4.64. The first-order valence-corrected chi connectivity index (χ1v) is 20.8. The molecule has 3 heterocycles. The largest absolute Gasteiger partial charge is 0.460 e. The first-order valence-electron chi connectivity index (χ1n) is 20.8. The number of amides is 1. The van der Waals surface area contributed by atoms with Crippen LogP contribution in [-0.2, 0) is 42.9 Å². The lowest BCUT2D eigenvalue weighted by Gasteiger charge is -2.47. The Balaban J connectivity index is 1.72. The molecule has 14 atom stereocenters. The highest BCUT2D eigenvalue weighted by molar-refractivity contribution is 6.39. The maximum atomic E-state index is 14.2. The summed E-state index contributed by atoms with van der Waals surface area (Å²) in [4.78, 5) is 57.8. The number of esters is 1. The fourth-order valence-electron chi connectivity index (χ4n) is 9.36. The fraction of sp³-hybridized carbons (Fsp3) is 0.814. The van der Waals surface area contributed by atoms with Crippen molar-refractivity contribution < 1.29 is 58.2 Å². The molecule has 4 aliphatic rings. The zero-order valence-electron chi connectivity index (χ0n) is 35.1. The van der Waals surface area contributed by atoms with Crippen LogP contribution in [0.5, 0.6) is 0 Å². The smallest absolute Gasteiger partial charge is 0.329 e. The molecule has 1 aliphatic carbocycles. The van der Waals surface area contributed by atoms with Gasteiger partial charge < -0.3 is 43.9 Å². The molecule has 0 aromatic rings. The molecule has 56 heavy (non-hydrogen) atoms. The number of fused-ring (bicyclic) bond motifs is 3. The van der Waals surface area contributed by atoms with Gasteiger partial charge in [-0.25, -0.2) is 4.79 Å². The summed E-state index contributed by atoms with van der Waals surface area (Å²) in [5.74, 6) is -7.53. The third-order valence-electron chi connectivity index (χ3n) is 12.9. The fourth-order valence-corrected chi connectivity index (χ4v) is 9.36. The minimum absolute atomic E-state index is 0.0381. The lowest BCUT2D eigenvalue weighted by Crippen LogP contribution is -2.64. The molecular formula is C43H69NO12. The number of carbonyl (C=O) groups excluding carboxylic acids is 4. The van der Waals surface area contributed by atoms with Gasteiger partial charge in [0, 0.05) is 52.0 Å². The number of Topliss-reactive ketones (excluding diaryl/α,β-unsaturated/α-hetero) is 2. The van der Waals surface area contributed by atoms with E-state index in [1.165, 1.54) is 19.1 Å². The summed E-state index contributed by atoms with van der Waals surface area (Å²) in [5, 5.41) is 34.0. The van der Waals surface area contributed by atoms with E-state index in [0.717, 1.165) is 12.0 Å². The van der Waals surface area contributed by atoms with E-state index in [4.69, 9.17) is 23.7 Å². The van der Waals surface area contributed by atoms with Gasteiger partial charge in [-0.3, -0.25) is 14.4 Å². The first kappa shape index (κ1) is 46.2. The first-order chi connectivity index (χ1) is 26.5. The number of methoxy groups -OCH3 is 3. The molecule has 2 saturated heterocycles. The predicted molar refractivity (Wildman–Crippen MR) is 208 cm³/mol. The van der Waals surface area contributed by atoms with Crippen LogP contribution in [-0.4, -0.2) is 126 Å². The van der Waals surface area contributed by atoms with Crippen molar-refractivity contribution in [3.05, 3.63) is 23.3 Å². The number of hydrogen-bond acceptors (Lipinski definition) is 12. The van der Waals surface area contributed by atoms with Gasteiger partial charge in [0.2, 0.25) is 5.79 Å². The average Bonchev–Trinajstić information content (AvgIpc) is 3.18. The summed E-state index contributed by atoms with van der Waals surface area (Å²) in [5.41, 5.74) is 1.65. The second kappa shape index (κ2) is 20.4. The summed E-state index contributed by atoms with van der Waals surface area (Å²) in [6.45, 7) is 11.2. The second-order valence-electron chi connectivity index (χ2n) is 17.2.